The van der Waals surface area contributed by atoms with E-state index in [1.54, 1.807) is 12.1 Å². The zero-order chi connectivity index (χ0) is 18.1. The van der Waals surface area contributed by atoms with Crippen molar-refractivity contribution in [2.75, 3.05) is 21.3 Å². The molecular weight excluding hydrogens is 326 g/mol. The Balaban J connectivity index is 2.68. The van der Waals surface area contributed by atoms with E-state index >= 15 is 0 Å². The Bertz CT molecular complexity index is 1010. The van der Waals surface area contributed by atoms with Crippen LogP contribution in [0.4, 0.5) is 5.69 Å². The molecule has 0 aromatic heterocycles. The van der Waals surface area contributed by atoms with Crippen LogP contribution in [0.3, 0.4) is 0 Å². The van der Waals surface area contributed by atoms with E-state index < -0.39 is 10.9 Å². The number of esters is 1. The monoisotopic (exact) mass is 341 g/mol. The molecule has 0 fully saturated rings. The first kappa shape index (κ1) is 16.5. The molecule has 3 rings (SSSR count). The van der Waals surface area contributed by atoms with Crippen molar-refractivity contribution in [1.82, 2.24) is 0 Å². The molecule has 0 aliphatic rings. The first-order valence-electron chi connectivity index (χ1n) is 7.36. The van der Waals surface area contributed by atoms with E-state index in [1.165, 1.54) is 33.5 Å². The van der Waals surface area contributed by atoms with Crippen molar-refractivity contribution in [1.29, 1.82) is 0 Å². The fourth-order valence-electron chi connectivity index (χ4n) is 3.00. The van der Waals surface area contributed by atoms with Crippen LogP contribution in [-0.4, -0.2) is 32.2 Å². The van der Waals surface area contributed by atoms with Gasteiger partial charge in [-0.1, -0.05) is 24.3 Å². The van der Waals surface area contributed by atoms with Crippen LogP contribution in [0.5, 0.6) is 11.5 Å². The molecule has 0 radical (unpaired) electrons. The molecule has 25 heavy (non-hydrogen) atoms. The van der Waals surface area contributed by atoms with Gasteiger partial charge in [-0.25, -0.2) is 4.79 Å². The second-order valence-electron chi connectivity index (χ2n) is 5.28. The summed E-state index contributed by atoms with van der Waals surface area (Å²) in [4.78, 5) is 23.4. The number of rotatable bonds is 4. The van der Waals surface area contributed by atoms with Gasteiger partial charge in [-0.15, -0.1) is 0 Å². The minimum atomic E-state index is -0.690. The van der Waals surface area contributed by atoms with Gasteiger partial charge in [0.05, 0.1) is 37.2 Å². The lowest BCUT2D eigenvalue weighted by Gasteiger charge is -2.16. The minimum absolute atomic E-state index is 0.0487. The number of carbonyl (C=O) groups is 1. The van der Waals surface area contributed by atoms with Gasteiger partial charge in [0.25, 0.3) is 5.69 Å². The fourth-order valence-corrected chi connectivity index (χ4v) is 3.00. The molecule has 3 aromatic carbocycles. The average Bonchev–Trinajstić information content (AvgIpc) is 2.64. The van der Waals surface area contributed by atoms with Crippen LogP contribution in [0.25, 0.3) is 21.5 Å². The number of methoxy groups -OCH3 is 3. The van der Waals surface area contributed by atoms with Gasteiger partial charge in [0.2, 0.25) is 0 Å². The molecule has 0 aliphatic carbocycles. The molecule has 128 valence electrons. The molecule has 0 unspecified atom stereocenters. The normalized spacial score (nSPS) is 10.7. The van der Waals surface area contributed by atoms with Crippen LogP contribution >= 0.6 is 0 Å². The maximum atomic E-state index is 12.3. The van der Waals surface area contributed by atoms with Crippen LogP contribution in [0.15, 0.2) is 36.4 Å². The van der Waals surface area contributed by atoms with Crippen molar-refractivity contribution >= 4 is 33.2 Å². The van der Waals surface area contributed by atoms with Gasteiger partial charge in [0.1, 0.15) is 0 Å². The molecule has 0 aliphatic heterocycles. The number of benzene rings is 3. The molecule has 7 heteroatoms. The number of nitrogens with zero attached hydrogens (tertiary/aromatic N) is 1. The summed E-state index contributed by atoms with van der Waals surface area (Å²) in [7, 11) is 4.10. The van der Waals surface area contributed by atoms with Gasteiger partial charge in [0.15, 0.2) is 11.5 Å². The number of ether oxygens (including phenoxy) is 3. The molecule has 3 aromatic rings. The Labute approximate surface area is 142 Å². The summed E-state index contributed by atoms with van der Waals surface area (Å²) in [5.74, 6) is -0.0737. The molecule has 7 nitrogen and oxygen atoms in total. The molecule has 0 spiro atoms. The average molecular weight is 341 g/mol. The van der Waals surface area contributed by atoms with E-state index in [0.29, 0.717) is 27.7 Å². The second-order valence-corrected chi connectivity index (χ2v) is 5.28. The third-order valence-electron chi connectivity index (χ3n) is 4.05. The summed E-state index contributed by atoms with van der Waals surface area (Å²) in [6, 6.07) is 10.0. The third kappa shape index (κ3) is 2.50. The van der Waals surface area contributed by atoms with E-state index in [-0.39, 0.29) is 16.6 Å². The number of hydrogen-bond acceptors (Lipinski definition) is 6. The summed E-state index contributed by atoms with van der Waals surface area (Å²) in [6.07, 6.45) is 0. The predicted octanol–water partition coefficient (Wildman–Crippen LogP) is 3.71. The van der Waals surface area contributed by atoms with E-state index in [4.69, 9.17) is 14.2 Å². The number of nitro benzene ring substituents is 1. The van der Waals surface area contributed by atoms with Crippen molar-refractivity contribution in [3.05, 3.63) is 52.1 Å². The number of non-ortho nitro benzene ring substituents is 1. The first-order valence-corrected chi connectivity index (χ1v) is 7.36. The zero-order valence-electron chi connectivity index (χ0n) is 13.9. The Hall–Kier alpha value is -3.35. The molecule has 0 saturated carbocycles. The number of fused-ring (bicyclic) bond motifs is 3. The van der Waals surface area contributed by atoms with Crippen molar-refractivity contribution in [2.24, 2.45) is 0 Å². The smallest absolute Gasteiger partial charge is 0.338 e. The Morgan fingerprint density at radius 1 is 1.04 bits per heavy atom. The zero-order valence-corrected chi connectivity index (χ0v) is 13.9. The van der Waals surface area contributed by atoms with Crippen LogP contribution in [0.1, 0.15) is 10.4 Å². The van der Waals surface area contributed by atoms with Gasteiger partial charge in [-0.2, -0.15) is 0 Å². The minimum Gasteiger partial charge on any atom is -0.493 e. The van der Waals surface area contributed by atoms with Gasteiger partial charge in [0, 0.05) is 11.5 Å². The topological polar surface area (TPSA) is 87.9 Å². The molecule has 0 amide bonds. The van der Waals surface area contributed by atoms with Gasteiger partial charge < -0.3 is 14.2 Å². The van der Waals surface area contributed by atoms with Crippen LogP contribution < -0.4 is 9.47 Å². The van der Waals surface area contributed by atoms with E-state index in [1.807, 2.05) is 12.1 Å². The molecule has 0 N–H and O–H groups in total. The van der Waals surface area contributed by atoms with Crippen molar-refractivity contribution in [3.8, 4) is 11.5 Å². The van der Waals surface area contributed by atoms with Crippen molar-refractivity contribution in [3.63, 3.8) is 0 Å². The maximum Gasteiger partial charge on any atom is 0.338 e. The lowest BCUT2D eigenvalue weighted by molar-refractivity contribution is -0.383. The molecular formula is C18H15NO6. The van der Waals surface area contributed by atoms with Crippen molar-refractivity contribution < 1.29 is 23.9 Å². The quantitative estimate of drug-likeness (QED) is 0.311. The lowest BCUT2D eigenvalue weighted by atomic mass is 9.95. The lowest BCUT2D eigenvalue weighted by Crippen LogP contribution is -2.06. The summed E-state index contributed by atoms with van der Waals surface area (Å²) in [5, 5.41) is 13.6. The van der Waals surface area contributed by atoms with Gasteiger partial charge in [-0.3, -0.25) is 10.1 Å². The SMILES string of the molecule is COC(=O)c1cc(OC)c(OC)c2c1c([N+](=O)[O-])cc1ccccc12. The molecule has 0 bridgehead atoms. The van der Waals surface area contributed by atoms with E-state index in [9.17, 15) is 14.9 Å². The Morgan fingerprint density at radius 2 is 1.76 bits per heavy atom. The molecule has 0 atom stereocenters. The number of hydrogen-bond donors (Lipinski definition) is 0. The highest BCUT2D eigenvalue weighted by Gasteiger charge is 2.27. The van der Waals surface area contributed by atoms with E-state index in [2.05, 4.69) is 0 Å². The summed E-state index contributed by atoms with van der Waals surface area (Å²) < 4.78 is 15.6. The Kier molecular flexibility index (Phi) is 4.14. The maximum absolute atomic E-state index is 12.3. The summed E-state index contributed by atoms with van der Waals surface area (Å²) in [6.45, 7) is 0. The number of carbonyl (C=O) groups excluding carboxylic acids is 1. The third-order valence-corrected chi connectivity index (χ3v) is 4.05. The van der Waals surface area contributed by atoms with Crippen LogP contribution in [-0.2, 0) is 4.74 Å². The highest BCUT2D eigenvalue weighted by atomic mass is 16.6. The first-order chi connectivity index (χ1) is 12.0. The van der Waals surface area contributed by atoms with Crippen molar-refractivity contribution in [2.45, 2.75) is 0 Å². The molecule has 0 heterocycles. The highest BCUT2D eigenvalue weighted by molar-refractivity contribution is 6.21. The highest BCUT2D eigenvalue weighted by Crippen LogP contribution is 2.45. The fraction of sp³-hybridized carbons (Fsp3) is 0.167. The van der Waals surface area contributed by atoms with Crippen LogP contribution in [0, 0.1) is 10.1 Å². The predicted molar refractivity (Wildman–Crippen MR) is 92.6 cm³/mol. The Morgan fingerprint density at radius 3 is 2.36 bits per heavy atom. The largest absolute Gasteiger partial charge is 0.493 e. The van der Waals surface area contributed by atoms with E-state index in [0.717, 1.165) is 0 Å². The summed E-state index contributed by atoms with van der Waals surface area (Å²) in [5.41, 5.74) is -0.150. The second kappa shape index (κ2) is 6.27. The molecule has 0 saturated heterocycles. The van der Waals surface area contributed by atoms with Crippen LogP contribution in [0.2, 0.25) is 0 Å². The number of nitro groups is 1. The van der Waals surface area contributed by atoms with Gasteiger partial charge >= 0.3 is 5.97 Å². The van der Waals surface area contributed by atoms with Gasteiger partial charge in [-0.05, 0) is 16.8 Å². The summed E-state index contributed by atoms with van der Waals surface area (Å²) >= 11 is 0. The standard InChI is InChI=1S/C18H15NO6/c1-23-14-9-12(18(20)25-3)15-13(19(21)22)8-10-6-4-5-7-11(10)16(15)17(14)24-2/h4-9H,1-3H3.